The van der Waals surface area contributed by atoms with E-state index in [0.29, 0.717) is 6.10 Å². The normalized spacial score (nSPS) is 17.0. The molecule has 1 aliphatic rings. The van der Waals surface area contributed by atoms with Crippen molar-refractivity contribution in [2.24, 2.45) is 0 Å². The zero-order valence-corrected chi connectivity index (χ0v) is 10.6. The van der Waals surface area contributed by atoms with Crippen LogP contribution < -0.4 is 10.1 Å². The molecule has 0 bridgehead atoms. The van der Waals surface area contributed by atoms with Crippen LogP contribution in [-0.2, 0) is 6.54 Å². The van der Waals surface area contributed by atoms with Gasteiger partial charge in [-0.3, -0.25) is 0 Å². The van der Waals surface area contributed by atoms with Gasteiger partial charge in [-0.25, -0.2) is 4.98 Å². The highest BCUT2D eigenvalue weighted by atomic mass is 16.5. The average molecular weight is 234 g/mol. The Hall–Kier alpha value is -1.09. The predicted molar refractivity (Wildman–Crippen MR) is 69.1 cm³/mol. The summed E-state index contributed by atoms with van der Waals surface area (Å²) in [5, 5.41) is 3.28. The van der Waals surface area contributed by atoms with Crippen molar-refractivity contribution in [3.8, 4) is 5.88 Å². The second-order valence-corrected chi connectivity index (χ2v) is 4.63. The first-order chi connectivity index (χ1) is 8.38. The quantitative estimate of drug-likeness (QED) is 0.850. The Labute approximate surface area is 104 Å². The zero-order chi connectivity index (χ0) is 11.9. The maximum Gasteiger partial charge on any atom is 0.213 e. The van der Waals surface area contributed by atoms with Gasteiger partial charge in [0.2, 0.25) is 5.88 Å². The molecule has 0 saturated heterocycles. The van der Waals surface area contributed by atoms with Crippen LogP contribution in [0.5, 0.6) is 5.88 Å². The first kappa shape index (κ1) is 12.4. The highest BCUT2D eigenvalue weighted by Gasteiger charge is 2.15. The first-order valence-corrected chi connectivity index (χ1v) is 6.72. The van der Waals surface area contributed by atoms with Gasteiger partial charge < -0.3 is 10.1 Å². The summed E-state index contributed by atoms with van der Waals surface area (Å²) in [6.07, 6.45) is 6.68. The lowest BCUT2D eigenvalue weighted by Crippen LogP contribution is -2.20. The molecule has 0 atom stereocenters. The molecule has 1 aromatic rings. The highest BCUT2D eigenvalue weighted by Crippen LogP contribution is 2.22. The standard InChI is InChI=1S/C14H22N2O/c1-2-15-11-12-7-6-10-14(16-12)17-13-8-4-3-5-9-13/h6-7,10,13,15H,2-5,8-9,11H2,1H3. The van der Waals surface area contributed by atoms with E-state index in [2.05, 4.69) is 17.2 Å². The van der Waals surface area contributed by atoms with Gasteiger partial charge in [0.25, 0.3) is 0 Å². The molecule has 0 unspecified atom stereocenters. The fourth-order valence-corrected chi connectivity index (χ4v) is 2.23. The molecule has 1 aromatic heterocycles. The lowest BCUT2D eigenvalue weighted by Gasteiger charge is -2.22. The van der Waals surface area contributed by atoms with E-state index in [-0.39, 0.29) is 0 Å². The summed E-state index contributed by atoms with van der Waals surface area (Å²) in [5.41, 5.74) is 1.06. The van der Waals surface area contributed by atoms with Crippen molar-refractivity contribution < 1.29 is 4.74 Å². The van der Waals surface area contributed by atoms with Crippen LogP contribution in [0.1, 0.15) is 44.7 Å². The van der Waals surface area contributed by atoms with Crippen LogP contribution in [0, 0.1) is 0 Å². The van der Waals surface area contributed by atoms with Crippen LogP contribution in [0.25, 0.3) is 0 Å². The lowest BCUT2D eigenvalue weighted by molar-refractivity contribution is 0.148. The number of aromatic nitrogens is 1. The zero-order valence-electron chi connectivity index (χ0n) is 10.6. The number of pyridine rings is 1. The summed E-state index contributed by atoms with van der Waals surface area (Å²) in [4.78, 5) is 4.52. The Bertz CT molecular complexity index is 335. The van der Waals surface area contributed by atoms with E-state index in [1.807, 2.05) is 18.2 Å². The number of hydrogen-bond acceptors (Lipinski definition) is 3. The van der Waals surface area contributed by atoms with E-state index >= 15 is 0 Å². The summed E-state index contributed by atoms with van der Waals surface area (Å²) in [6.45, 7) is 3.89. The molecule has 2 rings (SSSR count). The van der Waals surface area contributed by atoms with E-state index in [1.165, 1.54) is 32.1 Å². The SMILES string of the molecule is CCNCc1cccc(OC2CCCCC2)n1. The van der Waals surface area contributed by atoms with Gasteiger partial charge >= 0.3 is 0 Å². The van der Waals surface area contributed by atoms with Crippen LogP contribution in [0.4, 0.5) is 0 Å². The number of nitrogens with one attached hydrogen (secondary N) is 1. The largest absolute Gasteiger partial charge is 0.474 e. The fraction of sp³-hybridized carbons (Fsp3) is 0.643. The Morgan fingerprint density at radius 2 is 2.12 bits per heavy atom. The number of ether oxygens (including phenoxy) is 1. The molecule has 1 N–H and O–H groups in total. The smallest absolute Gasteiger partial charge is 0.213 e. The second-order valence-electron chi connectivity index (χ2n) is 4.63. The van der Waals surface area contributed by atoms with E-state index in [4.69, 9.17) is 4.74 Å². The van der Waals surface area contributed by atoms with E-state index < -0.39 is 0 Å². The van der Waals surface area contributed by atoms with Gasteiger partial charge in [0.15, 0.2) is 0 Å². The second kappa shape index (κ2) is 6.60. The van der Waals surface area contributed by atoms with Crippen LogP contribution >= 0.6 is 0 Å². The van der Waals surface area contributed by atoms with Gasteiger partial charge in [0, 0.05) is 12.6 Å². The van der Waals surface area contributed by atoms with Gasteiger partial charge in [0.05, 0.1) is 5.69 Å². The van der Waals surface area contributed by atoms with E-state index in [1.54, 1.807) is 0 Å². The molecule has 3 heteroatoms. The Morgan fingerprint density at radius 3 is 2.88 bits per heavy atom. The summed E-state index contributed by atoms with van der Waals surface area (Å²) in [6, 6.07) is 6.03. The van der Waals surface area contributed by atoms with Gasteiger partial charge in [-0.15, -0.1) is 0 Å². The van der Waals surface area contributed by atoms with Gasteiger partial charge in [-0.1, -0.05) is 19.4 Å². The highest BCUT2D eigenvalue weighted by molar-refractivity contribution is 5.16. The predicted octanol–water partition coefficient (Wildman–Crippen LogP) is 2.90. The van der Waals surface area contributed by atoms with Crippen molar-refractivity contribution in [1.82, 2.24) is 10.3 Å². The van der Waals surface area contributed by atoms with Crippen LogP contribution in [0.15, 0.2) is 18.2 Å². The third-order valence-corrected chi connectivity index (χ3v) is 3.18. The summed E-state index contributed by atoms with van der Waals surface area (Å²) < 4.78 is 5.94. The van der Waals surface area contributed by atoms with Gasteiger partial charge in [-0.05, 0) is 38.3 Å². The molecule has 0 radical (unpaired) electrons. The maximum absolute atomic E-state index is 5.94. The van der Waals surface area contributed by atoms with Crippen molar-refractivity contribution in [3.63, 3.8) is 0 Å². The van der Waals surface area contributed by atoms with Crippen molar-refractivity contribution in [2.75, 3.05) is 6.54 Å². The average Bonchev–Trinajstić information content (AvgIpc) is 2.38. The van der Waals surface area contributed by atoms with Crippen LogP contribution in [0.3, 0.4) is 0 Å². The molecule has 1 heterocycles. The molecule has 94 valence electrons. The summed E-state index contributed by atoms with van der Waals surface area (Å²) in [5.74, 6) is 0.785. The third kappa shape index (κ3) is 4.00. The Balaban J connectivity index is 1.90. The molecule has 0 spiro atoms. The molecule has 0 aliphatic heterocycles. The minimum absolute atomic E-state index is 0.380. The molecule has 17 heavy (non-hydrogen) atoms. The summed E-state index contributed by atoms with van der Waals surface area (Å²) in [7, 11) is 0. The minimum Gasteiger partial charge on any atom is -0.474 e. The fourth-order valence-electron chi connectivity index (χ4n) is 2.23. The lowest BCUT2D eigenvalue weighted by atomic mass is 9.98. The van der Waals surface area contributed by atoms with Gasteiger partial charge in [0.1, 0.15) is 6.10 Å². The molecule has 1 saturated carbocycles. The van der Waals surface area contributed by atoms with Crippen LogP contribution in [-0.4, -0.2) is 17.6 Å². The number of nitrogens with zero attached hydrogens (tertiary/aromatic N) is 1. The van der Waals surface area contributed by atoms with Gasteiger partial charge in [-0.2, -0.15) is 0 Å². The van der Waals surface area contributed by atoms with E-state index in [9.17, 15) is 0 Å². The van der Waals surface area contributed by atoms with Crippen LogP contribution in [0.2, 0.25) is 0 Å². The maximum atomic E-state index is 5.94. The molecule has 1 fully saturated rings. The Kier molecular flexibility index (Phi) is 4.80. The van der Waals surface area contributed by atoms with E-state index in [0.717, 1.165) is 24.7 Å². The van der Waals surface area contributed by atoms with Crippen molar-refractivity contribution in [2.45, 2.75) is 51.7 Å². The molecule has 0 amide bonds. The number of hydrogen-bond donors (Lipinski definition) is 1. The Morgan fingerprint density at radius 1 is 1.29 bits per heavy atom. The topological polar surface area (TPSA) is 34.1 Å². The molecule has 3 nitrogen and oxygen atoms in total. The minimum atomic E-state index is 0.380. The number of rotatable bonds is 5. The molecule has 0 aromatic carbocycles. The molecular formula is C14H22N2O. The summed E-state index contributed by atoms with van der Waals surface area (Å²) >= 11 is 0. The molecular weight excluding hydrogens is 212 g/mol. The monoisotopic (exact) mass is 234 g/mol. The molecule has 1 aliphatic carbocycles. The third-order valence-electron chi connectivity index (χ3n) is 3.18. The van der Waals surface area contributed by atoms with Crippen molar-refractivity contribution >= 4 is 0 Å². The van der Waals surface area contributed by atoms with Crippen molar-refractivity contribution in [3.05, 3.63) is 23.9 Å². The first-order valence-electron chi connectivity index (χ1n) is 6.72. The van der Waals surface area contributed by atoms with Crippen molar-refractivity contribution in [1.29, 1.82) is 0 Å².